The van der Waals surface area contributed by atoms with Gasteiger partial charge in [-0.25, -0.2) is 0 Å². The number of carbonyl (C=O) groups excluding carboxylic acids is 2. The molecule has 0 N–H and O–H groups in total. The molecule has 3 nitrogen and oxygen atoms in total. The zero-order valence-corrected chi connectivity index (χ0v) is 19.5. The molecule has 34 heavy (non-hydrogen) atoms. The van der Waals surface area contributed by atoms with Crippen molar-refractivity contribution >= 4 is 52.7 Å². The lowest BCUT2D eigenvalue weighted by molar-refractivity contribution is -0.139. The van der Waals surface area contributed by atoms with Crippen molar-refractivity contribution in [3.8, 4) is 0 Å². The molecule has 4 rings (SSSR count). The Morgan fingerprint density at radius 3 is 1.97 bits per heavy atom. The lowest BCUT2D eigenvalue weighted by Crippen LogP contribution is -2.29. The van der Waals surface area contributed by atoms with Gasteiger partial charge in [0.05, 0.1) is 23.6 Å². The van der Waals surface area contributed by atoms with Crippen LogP contribution >= 0.6 is 34.8 Å². The van der Waals surface area contributed by atoms with Gasteiger partial charge >= 0.3 is 6.18 Å². The Hall–Kier alpha value is -2.80. The van der Waals surface area contributed by atoms with Crippen LogP contribution in [0.4, 0.5) is 13.2 Å². The van der Waals surface area contributed by atoms with Gasteiger partial charge in [-0.15, -0.1) is 0 Å². The van der Waals surface area contributed by atoms with Gasteiger partial charge in [-0.1, -0.05) is 71.2 Å². The number of allylic oxidation sites excluding steroid dienone is 1. The van der Waals surface area contributed by atoms with Gasteiger partial charge in [0.25, 0.3) is 11.8 Å². The van der Waals surface area contributed by atoms with Crippen LogP contribution in [0.2, 0.25) is 15.1 Å². The number of alkyl halides is 3. The summed E-state index contributed by atoms with van der Waals surface area (Å²) in [4.78, 5) is 26.2. The summed E-state index contributed by atoms with van der Waals surface area (Å²) in [5, 5.41) is 0.421. The Morgan fingerprint density at radius 1 is 0.853 bits per heavy atom. The first-order valence-electron chi connectivity index (χ1n) is 9.99. The molecule has 0 fully saturated rings. The predicted octanol–water partition coefficient (Wildman–Crippen LogP) is 7.80. The van der Waals surface area contributed by atoms with Crippen molar-refractivity contribution in [3.05, 3.63) is 110 Å². The molecule has 2 amide bonds. The van der Waals surface area contributed by atoms with E-state index in [1.165, 1.54) is 30.3 Å². The van der Waals surface area contributed by atoms with E-state index in [4.69, 9.17) is 34.8 Å². The zero-order valence-electron chi connectivity index (χ0n) is 17.2. The highest BCUT2D eigenvalue weighted by Crippen LogP contribution is 2.38. The molecule has 0 radical (unpaired) electrons. The fraction of sp³-hybridized carbons (Fsp3) is 0.120. The van der Waals surface area contributed by atoms with E-state index in [0.717, 1.165) is 11.0 Å². The van der Waals surface area contributed by atoms with Crippen LogP contribution in [0.25, 0.3) is 6.08 Å². The number of benzene rings is 3. The first-order valence-corrected chi connectivity index (χ1v) is 11.1. The summed E-state index contributed by atoms with van der Waals surface area (Å²) in [6.07, 6.45) is -2.28. The molecule has 9 heteroatoms. The van der Waals surface area contributed by atoms with Gasteiger partial charge < -0.3 is 0 Å². The van der Waals surface area contributed by atoms with Crippen molar-refractivity contribution in [2.75, 3.05) is 0 Å². The maximum atomic E-state index is 13.7. The maximum absolute atomic E-state index is 13.7. The number of hydrogen-bond donors (Lipinski definition) is 0. The summed E-state index contributed by atoms with van der Waals surface area (Å²) in [7, 11) is 0. The van der Waals surface area contributed by atoms with Crippen molar-refractivity contribution in [1.82, 2.24) is 4.90 Å². The van der Waals surface area contributed by atoms with Gasteiger partial charge in [0, 0.05) is 15.1 Å². The fourth-order valence-electron chi connectivity index (χ4n) is 3.72. The number of fused-ring (bicyclic) bond motifs is 1. The van der Waals surface area contributed by atoms with Crippen molar-refractivity contribution in [1.29, 1.82) is 0 Å². The van der Waals surface area contributed by atoms with Gasteiger partial charge in [-0.3, -0.25) is 14.5 Å². The maximum Gasteiger partial charge on any atom is 0.399 e. The van der Waals surface area contributed by atoms with Crippen LogP contribution < -0.4 is 0 Å². The number of amides is 2. The molecule has 174 valence electrons. The van der Waals surface area contributed by atoms with E-state index in [1.54, 1.807) is 36.4 Å². The molecule has 0 aliphatic carbocycles. The van der Waals surface area contributed by atoms with Crippen molar-refractivity contribution < 1.29 is 22.8 Å². The first-order chi connectivity index (χ1) is 16.0. The highest BCUT2D eigenvalue weighted by molar-refractivity contribution is 6.34. The van der Waals surface area contributed by atoms with E-state index in [-0.39, 0.29) is 27.2 Å². The third-order valence-electron chi connectivity index (χ3n) is 5.36. The van der Waals surface area contributed by atoms with Crippen molar-refractivity contribution in [2.24, 2.45) is 0 Å². The second-order valence-corrected chi connectivity index (χ2v) is 8.95. The number of rotatable bonds is 5. The van der Waals surface area contributed by atoms with Crippen LogP contribution in [0.3, 0.4) is 0 Å². The van der Waals surface area contributed by atoms with E-state index in [1.807, 2.05) is 0 Å². The SMILES string of the molecule is O=C1c2ccccc2C(=O)N1Cc1ccc(C=CC(c2cc(Cl)cc(Cl)c2)C(F)(F)F)cc1Cl. The van der Waals surface area contributed by atoms with Crippen molar-refractivity contribution in [2.45, 2.75) is 18.6 Å². The lowest BCUT2D eigenvalue weighted by Gasteiger charge is -2.18. The van der Waals surface area contributed by atoms with Crippen LogP contribution in [-0.2, 0) is 6.54 Å². The molecule has 1 aliphatic rings. The summed E-state index contributed by atoms with van der Waals surface area (Å²) in [5.41, 5.74) is 1.46. The van der Waals surface area contributed by atoms with Gasteiger partial charge in [-0.2, -0.15) is 13.2 Å². The Morgan fingerprint density at radius 2 is 1.44 bits per heavy atom. The highest BCUT2D eigenvalue weighted by Gasteiger charge is 2.39. The van der Waals surface area contributed by atoms with E-state index >= 15 is 0 Å². The summed E-state index contributed by atoms with van der Waals surface area (Å²) in [6, 6.07) is 14.9. The summed E-state index contributed by atoms with van der Waals surface area (Å²) >= 11 is 18.1. The summed E-state index contributed by atoms with van der Waals surface area (Å²) < 4.78 is 41.1. The van der Waals surface area contributed by atoms with E-state index < -0.39 is 23.9 Å². The summed E-state index contributed by atoms with van der Waals surface area (Å²) in [6.45, 7) is -0.0542. The molecular weight excluding hydrogens is 510 g/mol. The molecule has 1 heterocycles. The third-order valence-corrected chi connectivity index (χ3v) is 6.15. The minimum absolute atomic E-state index is 0.0542. The Kier molecular flexibility index (Phi) is 6.76. The number of imide groups is 1. The molecule has 0 spiro atoms. The van der Waals surface area contributed by atoms with E-state index in [9.17, 15) is 22.8 Å². The minimum Gasteiger partial charge on any atom is -0.270 e. The number of hydrogen-bond acceptors (Lipinski definition) is 2. The Balaban J connectivity index is 1.56. The summed E-state index contributed by atoms with van der Waals surface area (Å²) in [5.74, 6) is -2.77. The van der Waals surface area contributed by atoms with E-state index in [2.05, 4.69) is 0 Å². The Labute approximate surface area is 208 Å². The smallest absolute Gasteiger partial charge is 0.270 e. The molecule has 0 aromatic heterocycles. The zero-order chi connectivity index (χ0) is 24.6. The minimum atomic E-state index is -4.57. The highest BCUT2D eigenvalue weighted by atomic mass is 35.5. The van der Waals surface area contributed by atoms with Gasteiger partial charge in [-0.05, 0) is 53.1 Å². The second kappa shape index (κ2) is 9.45. The molecule has 3 aromatic carbocycles. The number of nitrogens with zero attached hydrogens (tertiary/aromatic N) is 1. The topological polar surface area (TPSA) is 37.4 Å². The third kappa shape index (κ3) is 4.99. The van der Waals surface area contributed by atoms with Crippen molar-refractivity contribution in [3.63, 3.8) is 0 Å². The van der Waals surface area contributed by atoms with Crippen LogP contribution in [-0.4, -0.2) is 22.9 Å². The average molecular weight is 525 g/mol. The molecule has 0 saturated carbocycles. The second-order valence-electron chi connectivity index (χ2n) is 7.67. The standard InChI is InChI=1S/C25H15Cl3F3NO2/c26-17-10-16(11-18(27)12-17)21(25(29,30)31)8-6-14-5-7-15(22(28)9-14)13-32-23(33)19-3-1-2-4-20(19)24(32)34/h1-12,21H,13H2. The van der Waals surface area contributed by atoms with Gasteiger partial charge in [0.2, 0.25) is 0 Å². The average Bonchev–Trinajstić information content (AvgIpc) is 2.99. The molecule has 1 aliphatic heterocycles. The van der Waals surface area contributed by atoms with Crippen LogP contribution in [0, 0.1) is 0 Å². The Bertz CT molecular complexity index is 1270. The van der Waals surface area contributed by atoms with Crippen LogP contribution in [0.1, 0.15) is 43.3 Å². The van der Waals surface area contributed by atoms with Gasteiger partial charge in [0.15, 0.2) is 0 Å². The quantitative estimate of drug-likeness (QED) is 0.319. The molecular formula is C25H15Cl3F3NO2. The predicted molar refractivity (Wildman–Crippen MR) is 126 cm³/mol. The monoisotopic (exact) mass is 523 g/mol. The normalized spacial score (nSPS) is 14.7. The van der Waals surface area contributed by atoms with Gasteiger partial charge in [0.1, 0.15) is 0 Å². The molecule has 1 unspecified atom stereocenters. The molecule has 1 atom stereocenters. The number of carbonyl (C=O) groups is 2. The van der Waals surface area contributed by atoms with E-state index in [0.29, 0.717) is 22.3 Å². The molecule has 0 saturated heterocycles. The lowest BCUT2D eigenvalue weighted by atomic mass is 9.97. The fourth-order valence-corrected chi connectivity index (χ4v) is 4.51. The number of halogens is 6. The first kappa shape index (κ1) is 24.3. The van der Waals surface area contributed by atoms with Crippen LogP contribution in [0.15, 0.2) is 66.7 Å². The molecule has 0 bridgehead atoms. The van der Waals surface area contributed by atoms with Crippen LogP contribution in [0.5, 0.6) is 0 Å². The molecule has 3 aromatic rings. The largest absolute Gasteiger partial charge is 0.399 e.